The predicted molar refractivity (Wildman–Crippen MR) is 86.4 cm³/mol. The second kappa shape index (κ2) is 5.65. The van der Waals surface area contributed by atoms with Crippen LogP contribution in [0.2, 0.25) is 0 Å². The molecule has 0 bridgehead atoms. The molecule has 1 aromatic carbocycles. The van der Waals surface area contributed by atoms with Gasteiger partial charge in [0.2, 0.25) is 10.0 Å². The lowest BCUT2D eigenvalue weighted by Crippen LogP contribution is -2.35. The van der Waals surface area contributed by atoms with Gasteiger partial charge in [-0.15, -0.1) is 0 Å². The molecular formula is C15H21BrN2O2S. The molecule has 0 radical (unpaired) electrons. The van der Waals surface area contributed by atoms with Crippen LogP contribution in [0.5, 0.6) is 0 Å². The topological polar surface area (TPSA) is 63.4 Å². The smallest absolute Gasteiger partial charge is 0.243 e. The van der Waals surface area contributed by atoms with Crippen LogP contribution in [0.4, 0.5) is 0 Å². The Kier molecular flexibility index (Phi) is 4.16. The molecule has 0 unspecified atom stereocenters. The summed E-state index contributed by atoms with van der Waals surface area (Å²) in [6.07, 6.45) is 4.29. The summed E-state index contributed by atoms with van der Waals surface area (Å²) in [5.74, 6) is 0.557. The normalized spacial score (nSPS) is 19.2. The third-order valence-electron chi connectivity index (χ3n) is 4.27. The summed E-state index contributed by atoms with van der Waals surface area (Å²) in [6, 6.07) is 3.84. The van der Waals surface area contributed by atoms with Crippen LogP contribution in [0.25, 0.3) is 0 Å². The minimum atomic E-state index is -3.43. The van der Waals surface area contributed by atoms with E-state index in [0.717, 1.165) is 41.3 Å². The van der Waals surface area contributed by atoms with Gasteiger partial charge in [0.15, 0.2) is 0 Å². The first-order chi connectivity index (χ1) is 9.93. The first-order valence-corrected chi connectivity index (χ1v) is 9.67. The van der Waals surface area contributed by atoms with Crippen molar-refractivity contribution in [2.75, 3.05) is 6.54 Å². The number of halogens is 1. The van der Waals surface area contributed by atoms with Gasteiger partial charge in [-0.1, -0.05) is 15.9 Å². The van der Waals surface area contributed by atoms with E-state index in [-0.39, 0.29) is 6.04 Å². The Morgan fingerprint density at radius 2 is 1.95 bits per heavy atom. The van der Waals surface area contributed by atoms with E-state index < -0.39 is 10.0 Å². The lowest BCUT2D eigenvalue weighted by molar-refractivity contribution is 0.388. The van der Waals surface area contributed by atoms with E-state index in [0.29, 0.717) is 23.9 Å². The first kappa shape index (κ1) is 15.5. The molecule has 3 rings (SSSR count). The highest BCUT2D eigenvalue weighted by molar-refractivity contribution is 9.10. The van der Waals surface area contributed by atoms with Crippen LogP contribution in [0.15, 0.2) is 21.5 Å². The summed E-state index contributed by atoms with van der Waals surface area (Å²) in [5, 5.41) is 0. The molecule has 21 heavy (non-hydrogen) atoms. The molecule has 2 aliphatic carbocycles. The van der Waals surface area contributed by atoms with E-state index in [1.807, 2.05) is 13.0 Å². The quantitative estimate of drug-likeness (QED) is 0.834. The van der Waals surface area contributed by atoms with Crippen molar-refractivity contribution in [3.63, 3.8) is 0 Å². The van der Waals surface area contributed by atoms with Crippen molar-refractivity contribution < 1.29 is 8.42 Å². The molecule has 2 fully saturated rings. The Bertz CT molecular complexity index is 652. The lowest BCUT2D eigenvalue weighted by Gasteiger charge is -2.23. The zero-order chi connectivity index (χ0) is 15.2. The second-order valence-electron chi connectivity index (χ2n) is 6.15. The van der Waals surface area contributed by atoms with Gasteiger partial charge in [0, 0.05) is 23.6 Å². The molecule has 0 saturated heterocycles. The van der Waals surface area contributed by atoms with Gasteiger partial charge < -0.3 is 5.73 Å². The van der Waals surface area contributed by atoms with Crippen LogP contribution in [-0.2, 0) is 16.6 Å². The molecule has 1 aromatic rings. The van der Waals surface area contributed by atoms with Gasteiger partial charge in [-0.25, -0.2) is 8.42 Å². The van der Waals surface area contributed by atoms with E-state index >= 15 is 0 Å². The van der Waals surface area contributed by atoms with E-state index in [1.165, 1.54) is 0 Å². The fourth-order valence-electron chi connectivity index (χ4n) is 2.58. The fourth-order valence-corrected chi connectivity index (χ4v) is 5.28. The van der Waals surface area contributed by atoms with Crippen molar-refractivity contribution in [3.8, 4) is 0 Å². The van der Waals surface area contributed by atoms with Crippen molar-refractivity contribution in [1.29, 1.82) is 0 Å². The van der Waals surface area contributed by atoms with Crippen molar-refractivity contribution in [2.45, 2.75) is 50.1 Å². The number of nitrogens with zero attached hydrogens (tertiary/aromatic N) is 1. The van der Waals surface area contributed by atoms with Crippen LogP contribution in [0.1, 0.15) is 36.8 Å². The number of rotatable bonds is 6. The zero-order valence-corrected chi connectivity index (χ0v) is 14.6. The molecule has 2 aliphatic rings. The Morgan fingerprint density at radius 1 is 1.29 bits per heavy atom. The number of nitrogens with two attached hydrogens (primary N) is 1. The van der Waals surface area contributed by atoms with Gasteiger partial charge in [-0.2, -0.15) is 4.31 Å². The highest BCUT2D eigenvalue weighted by Gasteiger charge is 2.41. The second-order valence-corrected chi connectivity index (χ2v) is 8.87. The summed E-state index contributed by atoms with van der Waals surface area (Å²) in [6.45, 7) is 2.86. The van der Waals surface area contributed by atoms with Gasteiger partial charge in [-0.3, -0.25) is 0 Å². The predicted octanol–water partition coefficient (Wildman–Crippen LogP) is 2.78. The fraction of sp³-hybridized carbons (Fsp3) is 0.600. The van der Waals surface area contributed by atoms with Gasteiger partial charge in [0.1, 0.15) is 0 Å². The van der Waals surface area contributed by atoms with Crippen molar-refractivity contribution in [3.05, 3.63) is 27.7 Å². The zero-order valence-electron chi connectivity index (χ0n) is 12.2. The summed E-state index contributed by atoms with van der Waals surface area (Å²) < 4.78 is 28.7. The van der Waals surface area contributed by atoms with Gasteiger partial charge >= 0.3 is 0 Å². The molecule has 0 spiro atoms. The summed E-state index contributed by atoms with van der Waals surface area (Å²) in [7, 11) is -3.43. The monoisotopic (exact) mass is 372 g/mol. The molecule has 0 amide bonds. The molecule has 0 aromatic heterocycles. The molecule has 0 heterocycles. The van der Waals surface area contributed by atoms with Crippen molar-refractivity contribution in [2.24, 2.45) is 11.7 Å². The highest BCUT2D eigenvalue weighted by atomic mass is 79.9. The Balaban J connectivity index is 2.01. The molecule has 0 aliphatic heterocycles. The van der Waals surface area contributed by atoms with E-state index in [4.69, 9.17) is 5.73 Å². The van der Waals surface area contributed by atoms with Gasteiger partial charge in [0.25, 0.3) is 0 Å². The molecule has 4 nitrogen and oxygen atoms in total. The lowest BCUT2D eigenvalue weighted by atomic mass is 10.1. The van der Waals surface area contributed by atoms with Crippen LogP contribution in [-0.4, -0.2) is 25.3 Å². The Morgan fingerprint density at radius 3 is 2.48 bits per heavy atom. The van der Waals surface area contributed by atoms with Gasteiger partial charge in [0.05, 0.1) is 4.90 Å². The molecule has 2 saturated carbocycles. The number of hydrogen-bond acceptors (Lipinski definition) is 3. The largest absolute Gasteiger partial charge is 0.326 e. The van der Waals surface area contributed by atoms with Crippen LogP contribution >= 0.6 is 15.9 Å². The SMILES string of the molecule is Cc1c(Br)cc(CN)cc1S(=O)(=O)N(CC1CC1)C1CC1. The summed E-state index contributed by atoms with van der Waals surface area (Å²) in [4.78, 5) is 0.407. The molecule has 6 heteroatoms. The van der Waals surface area contributed by atoms with Crippen LogP contribution < -0.4 is 5.73 Å². The average molecular weight is 373 g/mol. The van der Waals surface area contributed by atoms with Crippen LogP contribution in [0, 0.1) is 12.8 Å². The summed E-state index contributed by atoms with van der Waals surface area (Å²) in [5.41, 5.74) is 7.30. The molecule has 2 N–H and O–H groups in total. The van der Waals surface area contributed by atoms with E-state index in [9.17, 15) is 8.42 Å². The van der Waals surface area contributed by atoms with Crippen molar-refractivity contribution in [1.82, 2.24) is 4.31 Å². The number of sulfonamides is 1. The standard InChI is InChI=1S/C15H21BrN2O2S/c1-10-14(16)6-12(8-17)7-15(10)21(19,20)18(13-4-5-13)9-11-2-3-11/h6-7,11,13H,2-5,8-9,17H2,1H3. The third-order valence-corrected chi connectivity index (χ3v) is 7.14. The first-order valence-electron chi connectivity index (χ1n) is 7.44. The Labute approximate surface area is 134 Å². The van der Waals surface area contributed by atoms with Gasteiger partial charge in [-0.05, 0) is 61.8 Å². The summed E-state index contributed by atoms with van der Waals surface area (Å²) >= 11 is 3.46. The van der Waals surface area contributed by atoms with E-state index in [1.54, 1.807) is 10.4 Å². The molecule has 0 atom stereocenters. The van der Waals surface area contributed by atoms with Crippen LogP contribution in [0.3, 0.4) is 0 Å². The van der Waals surface area contributed by atoms with E-state index in [2.05, 4.69) is 15.9 Å². The average Bonchev–Trinajstić information content (AvgIpc) is 3.31. The maximum atomic E-state index is 13.1. The maximum Gasteiger partial charge on any atom is 0.243 e. The molecular weight excluding hydrogens is 352 g/mol. The number of hydrogen-bond donors (Lipinski definition) is 1. The minimum absolute atomic E-state index is 0.204. The van der Waals surface area contributed by atoms with Crippen molar-refractivity contribution >= 4 is 26.0 Å². The highest BCUT2D eigenvalue weighted by Crippen LogP contribution is 2.39. The molecule has 116 valence electrons. The maximum absolute atomic E-state index is 13.1. The third kappa shape index (κ3) is 3.18. The number of benzene rings is 1. The Hall–Kier alpha value is -0.430. The minimum Gasteiger partial charge on any atom is -0.326 e.